The second-order valence-electron chi connectivity index (χ2n) is 3.69. The topological polar surface area (TPSA) is 67.0 Å². The van der Waals surface area contributed by atoms with Crippen LogP contribution in [-0.2, 0) is 11.3 Å². The average Bonchev–Trinajstić information content (AvgIpc) is 2.90. The number of halogens is 2. The largest absolute Gasteiger partial charge is 0.465 e. The number of carbonyl (C=O) groups is 1. The zero-order valence-corrected chi connectivity index (χ0v) is 10.0. The summed E-state index contributed by atoms with van der Waals surface area (Å²) >= 11 is 0. The molecule has 0 spiro atoms. The first kappa shape index (κ1) is 13.0. The SMILES string of the molecule is COC(=O)c1cc(NCc2ncc[nH]2)c(F)cc1F. The van der Waals surface area contributed by atoms with Gasteiger partial charge in [-0.3, -0.25) is 0 Å². The predicted molar refractivity (Wildman–Crippen MR) is 63.6 cm³/mol. The number of rotatable bonds is 4. The summed E-state index contributed by atoms with van der Waals surface area (Å²) in [4.78, 5) is 18.1. The van der Waals surface area contributed by atoms with E-state index in [1.807, 2.05) is 0 Å². The molecule has 7 heteroatoms. The van der Waals surface area contributed by atoms with Gasteiger partial charge >= 0.3 is 5.97 Å². The summed E-state index contributed by atoms with van der Waals surface area (Å²) in [6.07, 6.45) is 3.18. The van der Waals surface area contributed by atoms with E-state index >= 15 is 0 Å². The van der Waals surface area contributed by atoms with Crippen molar-refractivity contribution >= 4 is 11.7 Å². The minimum atomic E-state index is -0.965. The summed E-state index contributed by atoms with van der Waals surface area (Å²) in [6.45, 7) is 0.218. The molecule has 100 valence electrons. The predicted octanol–water partition coefficient (Wildman–Crippen LogP) is 2.09. The highest BCUT2D eigenvalue weighted by atomic mass is 19.1. The number of hydrogen-bond donors (Lipinski definition) is 2. The van der Waals surface area contributed by atoms with Crippen LogP contribution in [0.2, 0.25) is 0 Å². The maximum atomic E-state index is 13.5. The number of carbonyl (C=O) groups excluding carboxylic acids is 1. The number of aromatic nitrogens is 2. The van der Waals surface area contributed by atoms with Crippen LogP contribution in [0.1, 0.15) is 16.2 Å². The summed E-state index contributed by atoms with van der Waals surface area (Å²) < 4.78 is 31.4. The molecule has 1 aromatic carbocycles. The zero-order valence-electron chi connectivity index (χ0n) is 10.0. The van der Waals surface area contributed by atoms with Crippen LogP contribution >= 0.6 is 0 Å². The molecule has 0 aliphatic heterocycles. The van der Waals surface area contributed by atoms with Crippen molar-refractivity contribution in [3.8, 4) is 0 Å². The molecule has 0 aliphatic carbocycles. The normalized spacial score (nSPS) is 10.3. The summed E-state index contributed by atoms with van der Waals surface area (Å²) in [5, 5.41) is 2.72. The summed E-state index contributed by atoms with van der Waals surface area (Å²) in [7, 11) is 1.13. The van der Waals surface area contributed by atoms with Crippen molar-refractivity contribution in [2.24, 2.45) is 0 Å². The van der Waals surface area contributed by atoms with Crippen molar-refractivity contribution in [2.75, 3.05) is 12.4 Å². The third kappa shape index (κ3) is 2.87. The van der Waals surface area contributed by atoms with Crippen molar-refractivity contribution in [3.05, 3.63) is 47.5 Å². The molecular formula is C12H11F2N3O2. The third-order valence-electron chi connectivity index (χ3n) is 2.46. The smallest absolute Gasteiger partial charge is 0.340 e. The number of benzene rings is 1. The van der Waals surface area contributed by atoms with Crippen LogP contribution in [0.25, 0.3) is 0 Å². The molecule has 2 N–H and O–H groups in total. The third-order valence-corrected chi connectivity index (χ3v) is 2.46. The minimum Gasteiger partial charge on any atom is -0.465 e. The first-order valence-electron chi connectivity index (χ1n) is 5.41. The molecule has 1 heterocycles. The number of anilines is 1. The van der Waals surface area contributed by atoms with E-state index in [2.05, 4.69) is 20.0 Å². The standard InChI is InChI=1S/C12H11F2N3O2/c1-19-12(18)7-4-10(9(14)5-8(7)13)17-6-11-15-2-3-16-11/h2-5,17H,6H2,1H3,(H,15,16). The zero-order chi connectivity index (χ0) is 13.8. The van der Waals surface area contributed by atoms with Gasteiger partial charge in [-0.05, 0) is 6.07 Å². The van der Waals surface area contributed by atoms with Crippen LogP contribution in [0.5, 0.6) is 0 Å². The molecule has 0 fully saturated rings. The molecule has 0 saturated heterocycles. The lowest BCUT2D eigenvalue weighted by Crippen LogP contribution is -2.09. The molecule has 0 bridgehead atoms. The molecule has 0 atom stereocenters. The maximum Gasteiger partial charge on any atom is 0.340 e. The van der Waals surface area contributed by atoms with Crippen molar-refractivity contribution in [3.63, 3.8) is 0 Å². The van der Waals surface area contributed by atoms with E-state index in [9.17, 15) is 13.6 Å². The Bertz CT molecular complexity index is 585. The van der Waals surface area contributed by atoms with Gasteiger partial charge in [-0.1, -0.05) is 0 Å². The number of imidazole rings is 1. The van der Waals surface area contributed by atoms with Gasteiger partial charge in [0, 0.05) is 18.5 Å². The Balaban J connectivity index is 2.22. The van der Waals surface area contributed by atoms with Gasteiger partial charge in [-0.2, -0.15) is 0 Å². The quantitative estimate of drug-likeness (QED) is 0.832. The molecule has 0 aliphatic rings. The highest BCUT2D eigenvalue weighted by Crippen LogP contribution is 2.20. The fourth-order valence-electron chi connectivity index (χ4n) is 1.52. The Labute approximate surface area is 107 Å². The van der Waals surface area contributed by atoms with Crippen molar-refractivity contribution < 1.29 is 18.3 Å². The number of H-pyrrole nitrogens is 1. The van der Waals surface area contributed by atoms with E-state index in [-0.39, 0.29) is 17.8 Å². The highest BCUT2D eigenvalue weighted by Gasteiger charge is 2.16. The van der Waals surface area contributed by atoms with Crippen LogP contribution in [0.3, 0.4) is 0 Å². The maximum absolute atomic E-state index is 13.5. The Kier molecular flexibility index (Phi) is 3.74. The van der Waals surface area contributed by atoms with E-state index in [4.69, 9.17) is 0 Å². The van der Waals surface area contributed by atoms with Crippen LogP contribution in [0.15, 0.2) is 24.5 Å². The number of hydrogen-bond acceptors (Lipinski definition) is 4. The first-order chi connectivity index (χ1) is 9.11. The molecule has 0 amide bonds. The minimum absolute atomic E-state index is 0.00167. The van der Waals surface area contributed by atoms with Gasteiger partial charge in [-0.15, -0.1) is 0 Å². The number of esters is 1. The van der Waals surface area contributed by atoms with Crippen LogP contribution in [-0.4, -0.2) is 23.0 Å². The van der Waals surface area contributed by atoms with Gasteiger partial charge in [0.25, 0.3) is 0 Å². The van der Waals surface area contributed by atoms with Crippen LogP contribution < -0.4 is 5.32 Å². The van der Waals surface area contributed by atoms with Gasteiger partial charge in [0.15, 0.2) is 0 Å². The Hall–Kier alpha value is -2.44. The highest BCUT2D eigenvalue weighted by molar-refractivity contribution is 5.90. The molecule has 5 nitrogen and oxygen atoms in total. The summed E-state index contributed by atoms with van der Waals surface area (Å²) in [5.41, 5.74) is -0.330. The van der Waals surface area contributed by atoms with Crippen LogP contribution in [0, 0.1) is 11.6 Å². The number of methoxy groups -OCH3 is 1. The molecule has 1 aromatic heterocycles. The van der Waals surface area contributed by atoms with E-state index in [0.29, 0.717) is 11.9 Å². The lowest BCUT2D eigenvalue weighted by molar-refractivity contribution is 0.0595. The lowest BCUT2D eigenvalue weighted by atomic mass is 10.1. The second-order valence-corrected chi connectivity index (χ2v) is 3.69. The van der Waals surface area contributed by atoms with Gasteiger partial charge in [0.1, 0.15) is 17.5 Å². The van der Waals surface area contributed by atoms with Gasteiger partial charge in [0.2, 0.25) is 0 Å². The second kappa shape index (κ2) is 5.47. The Morgan fingerprint density at radius 1 is 1.42 bits per heavy atom. The van der Waals surface area contributed by atoms with Gasteiger partial charge < -0.3 is 15.0 Å². The van der Waals surface area contributed by atoms with Gasteiger partial charge in [0.05, 0.1) is 24.9 Å². The lowest BCUT2D eigenvalue weighted by Gasteiger charge is -2.08. The number of ether oxygens (including phenoxy) is 1. The van der Waals surface area contributed by atoms with E-state index in [0.717, 1.165) is 13.2 Å². The molecular weight excluding hydrogens is 256 g/mol. The molecule has 0 unspecified atom stereocenters. The number of nitrogens with zero attached hydrogens (tertiary/aromatic N) is 1. The fraction of sp³-hybridized carbons (Fsp3) is 0.167. The number of nitrogens with one attached hydrogen (secondary N) is 2. The van der Waals surface area contributed by atoms with E-state index < -0.39 is 17.6 Å². The first-order valence-corrected chi connectivity index (χ1v) is 5.41. The Morgan fingerprint density at radius 2 is 2.21 bits per heavy atom. The van der Waals surface area contributed by atoms with E-state index in [1.54, 1.807) is 12.4 Å². The number of aromatic amines is 1. The van der Waals surface area contributed by atoms with Crippen molar-refractivity contribution in [1.82, 2.24) is 9.97 Å². The van der Waals surface area contributed by atoms with Gasteiger partial charge in [-0.25, -0.2) is 18.6 Å². The van der Waals surface area contributed by atoms with Crippen molar-refractivity contribution in [2.45, 2.75) is 6.54 Å². The Morgan fingerprint density at radius 3 is 2.84 bits per heavy atom. The molecule has 19 heavy (non-hydrogen) atoms. The monoisotopic (exact) mass is 267 g/mol. The molecule has 0 saturated carbocycles. The van der Waals surface area contributed by atoms with E-state index in [1.165, 1.54) is 0 Å². The average molecular weight is 267 g/mol. The molecule has 2 aromatic rings. The molecule has 0 radical (unpaired) electrons. The van der Waals surface area contributed by atoms with Crippen molar-refractivity contribution in [1.29, 1.82) is 0 Å². The fourth-order valence-corrected chi connectivity index (χ4v) is 1.52. The summed E-state index contributed by atoms with van der Waals surface area (Å²) in [5.74, 6) is -2.04. The summed E-state index contributed by atoms with van der Waals surface area (Å²) in [6, 6.07) is 1.70. The van der Waals surface area contributed by atoms with Crippen LogP contribution in [0.4, 0.5) is 14.5 Å². The molecule has 2 rings (SSSR count).